The molecule has 0 bridgehead atoms. The number of halogens is 3. The van der Waals surface area contributed by atoms with Crippen LogP contribution in [0.3, 0.4) is 0 Å². The van der Waals surface area contributed by atoms with Crippen LogP contribution in [0.15, 0.2) is 0 Å². The Morgan fingerprint density at radius 2 is 1.22 bits per heavy atom. The van der Waals surface area contributed by atoms with Crippen LogP contribution in [0.4, 0.5) is 11.4 Å². The van der Waals surface area contributed by atoms with E-state index in [1.54, 1.807) is 67.8 Å². The van der Waals surface area contributed by atoms with Crippen LogP contribution < -0.4 is 10.1 Å². The van der Waals surface area contributed by atoms with Gasteiger partial charge in [-0.25, -0.2) is 0 Å². The van der Waals surface area contributed by atoms with E-state index >= 15 is 0 Å². The van der Waals surface area contributed by atoms with E-state index in [2.05, 4.69) is 0 Å². The second kappa shape index (κ2) is 8.32. The van der Waals surface area contributed by atoms with Crippen molar-refractivity contribution in [2.75, 3.05) is 16.7 Å². The zero-order valence-electron chi connectivity index (χ0n) is 11.8. The molecule has 2 amide bonds. The fourth-order valence-electron chi connectivity index (χ4n) is 1.65. The number of rotatable bonds is 4. The number of hydrogen-bond donors (Lipinski definition) is 3. The predicted octanol–water partition coefficient (Wildman–Crippen LogP) is 2.16. The Labute approximate surface area is 172 Å². The normalized spacial score (nSPS) is 10.4. The standard InChI is InChI=1S/C12H11I3N2O6/c1-4(19)16(22)11-8(13)7(6(21)3-18)9(14)12(10(11)15)17(23)5(2)20/h18,22-23H,3H2,1-2H3. The summed E-state index contributed by atoms with van der Waals surface area (Å²) in [5.41, 5.74) is -0.0999. The van der Waals surface area contributed by atoms with Crippen LogP contribution in [-0.4, -0.2) is 39.7 Å². The van der Waals surface area contributed by atoms with Gasteiger partial charge in [-0.3, -0.25) is 24.8 Å². The molecule has 0 spiro atoms. The Morgan fingerprint density at radius 1 is 0.870 bits per heavy atom. The molecule has 8 nitrogen and oxygen atoms in total. The number of carbonyl (C=O) groups excluding carboxylic acids is 3. The van der Waals surface area contributed by atoms with Crippen LogP contribution >= 0.6 is 67.8 Å². The van der Waals surface area contributed by atoms with Gasteiger partial charge in [-0.2, -0.15) is 10.1 Å². The lowest BCUT2D eigenvalue weighted by Gasteiger charge is -2.25. The highest BCUT2D eigenvalue weighted by Gasteiger charge is 2.31. The van der Waals surface area contributed by atoms with E-state index < -0.39 is 24.2 Å². The molecule has 1 aromatic rings. The second-order valence-electron chi connectivity index (χ2n) is 4.26. The van der Waals surface area contributed by atoms with Crippen LogP contribution in [0.25, 0.3) is 0 Å². The third kappa shape index (κ3) is 4.12. The molecule has 0 heterocycles. The van der Waals surface area contributed by atoms with Crippen LogP contribution in [0.1, 0.15) is 24.2 Å². The number of Topliss-reactive ketones (excluding diaryl/α,β-unsaturated/α-hetero) is 1. The molecule has 3 N–H and O–H groups in total. The quantitative estimate of drug-likeness (QED) is 0.198. The summed E-state index contributed by atoms with van der Waals surface area (Å²) >= 11 is 5.26. The predicted molar refractivity (Wildman–Crippen MR) is 106 cm³/mol. The maximum atomic E-state index is 12.0. The molecular weight excluding hydrogens is 649 g/mol. The monoisotopic (exact) mass is 660 g/mol. The van der Waals surface area contributed by atoms with Crippen molar-refractivity contribution in [2.45, 2.75) is 13.8 Å². The lowest BCUT2D eigenvalue weighted by molar-refractivity contribution is -0.122. The van der Waals surface area contributed by atoms with E-state index in [4.69, 9.17) is 5.11 Å². The first-order valence-electron chi connectivity index (χ1n) is 5.89. The van der Waals surface area contributed by atoms with Crippen molar-refractivity contribution in [3.63, 3.8) is 0 Å². The van der Waals surface area contributed by atoms with Crippen LogP contribution in [0.2, 0.25) is 0 Å². The van der Waals surface area contributed by atoms with Gasteiger partial charge in [-0.15, -0.1) is 0 Å². The zero-order chi connectivity index (χ0) is 18.1. The molecule has 0 saturated heterocycles. The maximum absolute atomic E-state index is 12.0. The van der Waals surface area contributed by atoms with E-state index in [0.717, 1.165) is 13.8 Å². The number of anilines is 2. The van der Waals surface area contributed by atoms with Gasteiger partial charge in [0.05, 0.1) is 16.3 Å². The first-order valence-corrected chi connectivity index (χ1v) is 9.13. The van der Waals surface area contributed by atoms with Gasteiger partial charge >= 0.3 is 0 Å². The van der Waals surface area contributed by atoms with Crippen LogP contribution in [0.5, 0.6) is 0 Å². The number of ketones is 1. The van der Waals surface area contributed by atoms with Crippen molar-refractivity contribution in [1.82, 2.24) is 0 Å². The molecule has 0 saturated carbocycles. The number of amides is 2. The third-order valence-corrected chi connectivity index (χ3v) is 5.84. The Morgan fingerprint density at radius 3 is 1.48 bits per heavy atom. The molecule has 0 atom stereocenters. The molecule has 0 radical (unpaired) electrons. The van der Waals surface area contributed by atoms with Gasteiger partial charge in [0.2, 0.25) is 11.8 Å². The minimum atomic E-state index is -0.803. The fraction of sp³-hybridized carbons (Fsp3) is 0.250. The lowest BCUT2D eigenvalue weighted by Crippen LogP contribution is -2.31. The molecule has 0 unspecified atom stereocenters. The van der Waals surface area contributed by atoms with E-state index in [1.807, 2.05) is 0 Å². The average Bonchev–Trinajstić information content (AvgIpc) is 2.46. The maximum Gasteiger partial charge on any atom is 0.247 e. The Balaban J connectivity index is 3.92. The van der Waals surface area contributed by atoms with Crippen molar-refractivity contribution >= 4 is 96.7 Å². The molecule has 126 valence electrons. The van der Waals surface area contributed by atoms with Crippen molar-refractivity contribution in [2.24, 2.45) is 0 Å². The van der Waals surface area contributed by atoms with E-state index in [-0.39, 0.29) is 27.6 Å². The van der Waals surface area contributed by atoms with Crippen molar-refractivity contribution in [1.29, 1.82) is 0 Å². The van der Waals surface area contributed by atoms with Gasteiger partial charge < -0.3 is 5.11 Å². The Kier molecular flexibility index (Phi) is 7.58. The van der Waals surface area contributed by atoms with Crippen LogP contribution in [-0.2, 0) is 9.59 Å². The summed E-state index contributed by atoms with van der Waals surface area (Å²) in [6, 6.07) is 0. The molecule has 0 aliphatic rings. The highest BCUT2D eigenvalue weighted by molar-refractivity contribution is 14.1. The third-order valence-electron chi connectivity index (χ3n) is 2.71. The van der Waals surface area contributed by atoms with Gasteiger partial charge in [0.25, 0.3) is 0 Å². The number of hydrogen-bond acceptors (Lipinski definition) is 6. The summed E-state index contributed by atoms with van der Waals surface area (Å²) in [6.07, 6.45) is 0. The van der Waals surface area contributed by atoms with Gasteiger partial charge in [0, 0.05) is 13.8 Å². The number of aliphatic hydroxyl groups excluding tert-OH is 1. The van der Waals surface area contributed by atoms with Crippen molar-refractivity contribution in [3.05, 3.63) is 16.3 Å². The smallest absolute Gasteiger partial charge is 0.247 e. The Bertz CT molecular complexity index is 647. The number of benzene rings is 1. The largest absolute Gasteiger partial charge is 0.388 e. The first kappa shape index (κ1) is 20.9. The molecule has 0 aliphatic carbocycles. The van der Waals surface area contributed by atoms with E-state index in [0.29, 0.717) is 10.1 Å². The Hall–Kier alpha value is -0.100. The lowest BCUT2D eigenvalue weighted by atomic mass is 10.1. The van der Waals surface area contributed by atoms with Gasteiger partial charge in [0.1, 0.15) is 18.0 Å². The van der Waals surface area contributed by atoms with E-state index in [1.165, 1.54) is 0 Å². The summed E-state index contributed by atoms with van der Waals surface area (Å²) in [5, 5.41) is 29.8. The molecule has 11 heteroatoms. The van der Waals surface area contributed by atoms with Gasteiger partial charge in [0.15, 0.2) is 5.78 Å². The molecular formula is C12H11I3N2O6. The van der Waals surface area contributed by atoms with Crippen molar-refractivity contribution in [3.8, 4) is 0 Å². The summed E-state index contributed by atoms with van der Waals surface area (Å²) in [4.78, 5) is 35.0. The summed E-state index contributed by atoms with van der Waals surface area (Å²) in [7, 11) is 0. The van der Waals surface area contributed by atoms with E-state index in [9.17, 15) is 24.8 Å². The average molecular weight is 660 g/mol. The first-order chi connectivity index (χ1) is 10.6. The molecule has 0 aromatic heterocycles. The molecule has 1 rings (SSSR count). The number of hydroxylamine groups is 2. The molecule has 23 heavy (non-hydrogen) atoms. The highest BCUT2D eigenvalue weighted by Crippen LogP contribution is 2.41. The van der Waals surface area contributed by atoms with Gasteiger partial charge in [-0.05, 0) is 67.8 Å². The molecule has 0 aliphatic heterocycles. The SMILES string of the molecule is CC(=O)N(O)c1c(I)c(C(=O)CO)c(I)c(N(O)C(C)=O)c1I. The van der Waals surface area contributed by atoms with Gasteiger partial charge in [-0.1, -0.05) is 0 Å². The zero-order valence-corrected chi connectivity index (χ0v) is 18.3. The minimum absolute atomic E-state index is 0.000263. The summed E-state index contributed by atoms with van der Waals surface area (Å²) in [5.74, 6) is -2.11. The molecule has 1 aromatic carbocycles. The number of nitrogens with zero attached hydrogens (tertiary/aromatic N) is 2. The number of aliphatic hydroxyl groups is 1. The summed E-state index contributed by atoms with van der Waals surface area (Å²) in [6.45, 7) is 1.42. The van der Waals surface area contributed by atoms with Crippen LogP contribution in [0, 0.1) is 10.7 Å². The van der Waals surface area contributed by atoms with Crippen molar-refractivity contribution < 1.29 is 29.9 Å². The fourth-order valence-corrected chi connectivity index (χ4v) is 6.33. The molecule has 0 fully saturated rings. The highest BCUT2D eigenvalue weighted by atomic mass is 127. The topological polar surface area (TPSA) is 118 Å². The summed E-state index contributed by atoms with van der Waals surface area (Å²) < 4.78 is 0.629. The minimum Gasteiger partial charge on any atom is -0.388 e. The second-order valence-corrected chi connectivity index (χ2v) is 7.49. The number of carbonyl (C=O) groups is 3.